The molecule has 4 aliphatic rings. The summed E-state index contributed by atoms with van der Waals surface area (Å²) < 4.78 is 12.9. The summed E-state index contributed by atoms with van der Waals surface area (Å²) in [5, 5.41) is 4.39. The van der Waals surface area contributed by atoms with Crippen molar-refractivity contribution in [1.82, 2.24) is 0 Å². The van der Waals surface area contributed by atoms with Crippen LogP contribution in [0.3, 0.4) is 0 Å². The SMILES string of the molecule is c1ccc(-c2ccc(N(c3ccc(-c4ccc5c(c4)-c4ccccc4C54c5ccccc5-c5ccccc5-c5ccccc54)cc3)c3cccc4oc5ccccc5c34)cc2)cc1.c1ccc(-c2ccccc2N(c2ccc3c(c2)-c2ccccc2C32c3ccccc3-c3ccccc3-c3ccccc32)c2cccc3oc4ccccc4c23)cc1. The van der Waals surface area contributed by atoms with Gasteiger partial charge in [0.25, 0.3) is 0 Å². The molecule has 21 aromatic rings. The van der Waals surface area contributed by atoms with E-state index >= 15 is 0 Å². The first-order chi connectivity index (χ1) is 59.6. The van der Waals surface area contributed by atoms with Gasteiger partial charge in [0, 0.05) is 33.4 Å². The molecule has 0 saturated heterocycles. The Morgan fingerprint density at radius 3 is 0.883 bits per heavy atom. The molecular formula is C116H74N2O2. The highest BCUT2D eigenvalue weighted by Crippen LogP contribution is 2.65. The van der Waals surface area contributed by atoms with Gasteiger partial charge in [-0.25, -0.2) is 0 Å². The zero-order valence-corrected chi connectivity index (χ0v) is 65.4. The van der Waals surface area contributed by atoms with Gasteiger partial charge in [-0.3, -0.25) is 0 Å². The van der Waals surface area contributed by atoms with E-state index in [1.807, 2.05) is 12.1 Å². The Hall–Kier alpha value is -15.6. The number of para-hydroxylation sites is 3. The van der Waals surface area contributed by atoms with Crippen LogP contribution < -0.4 is 9.80 Å². The Bertz CT molecular complexity index is 7540. The lowest BCUT2D eigenvalue weighted by atomic mass is 9.66. The molecule has 4 aliphatic carbocycles. The maximum Gasteiger partial charge on any atom is 0.137 e. The summed E-state index contributed by atoms with van der Waals surface area (Å²) in [6.07, 6.45) is 0. The van der Waals surface area contributed by atoms with Gasteiger partial charge in [0.1, 0.15) is 22.3 Å². The smallest absolute Gasteiger partial charge is 0.137 e. The van der Waals surface area contributed by atoms with E-state index in [1.165, 1.54) is 139 Å². The summed E-state index contributed by atoms with van der Waals surface area (Å²) in [4.78, 5) is 4.82. The van der Waals surface area contributed by atoms with Crippen LogP contribution in [0.25, 0.3) is 144 Å². The van der Waals surface area contributed by atoms with Gasteiger partial charge in [-0.05, 0) is 224 Å². The van der Waals surface area contributed by atoms with E-state index in [4.69, 9.17) is 8.83 Å². The zero-order chi connectivity index (χ0) is 79.0. The Morgan fingerprint density at radius 2 is 0.442 bits per heavy atom. The molecule has 0 atom stereocenters. The molecule has 0 bridgehead atoms. The number of anilines is 6. The second-order valence-corrected chi connectivity index (χ2v) is 31.9. The first kappa shape index (κ1) is 68.8. The van der Waals surface area contributed by atoms with E-state index in [1.54, 1.807) is 0 Å². The molecule has 2 aromatic heterocycles. The molecule has 4 heteroatoms. The van der Waals surface area contributed by atoms with E-state index in [9.17, 15) is 0 Å². The van der Waals surface area contributed by atoms with E-state index < -0.39 is 10.8 Å². The predicted molar refractivity (Wildman–Crippen MR) is 497 cm³/mol. The van der Waals surface area contributed by atoms with Crippen molar-refractivity contribution in [2.24, 2.45) is 0 Å². The first-order valence-corrected chi connectivity index (χ1v) is 41.4. The van der Waals surface area contributed by atoms with Crippen molar-refractivity contribution in [1.29, 1.82) is 0 Å². The molecule has 0 amide bonds. The van der Waals surface area contributed by atoms with Crippen LogP contribution in [-0.2, 0) is 10.8 Å². The number of furan rings is 2. The van der Waals surface area contributed by atoms with Gasteiger partial charge in [0.05, 0.1) is 38.7 Å². The quantitative estimate of drug-likeness (QED) is 0.144. The third kappa shape index (κ3) is 10.3. The van der Waals surface area contributed by atoms with Crippen LogP contribution in [0.15, 0.2) is 458 Å². The predicted octanol–water partition coefficient (Wildman–Crippen LogP) is 31.1. The number of benzene rings is 19. The van der Waals surface area contributed by atoms with Crippen molar-refractivity contribution in [2.75, 3.05) is 9.80 Å². The molecule has 0 unspecified atom stereocenters. The van der Waals surface area contributed by atoms with Gasteiger partial charge >= 0.3 is 0 Å². The molecule has 120 heavy (non-hydrogen) atoms. The molecule has 0 fully saturated rings. The van der Waals surface area contributed by atoms with Gasteiger partial charge in [-0.1, -0.05) is 364 Å². The van der Waals surface area contributed by atoms with Crippen LogP contribution in [0.1, 0.15) is 44.5 Å². The van der Waals surface area contributed by atoms with Crippen molar-refractivity contribution in [3.8, 4) is 100 Å². The second-order valence-electron chi connectivity index (χ2n) is 31.9. The monoisotopic (exact) mass is 1530 g/mol. The molecule has 0 aliphatic heterocycles. The van der Waals surface area contributed by atoms with Crippen LogP contribution in [0.2, 0.25) is 0 Å². The topological polar surface area (TPSA) is 32.8 Å². The maximum atomic E-state index is 6.50. The maximum absolute atomic E-state index is 6.50. The van der Waals surface area contributed by atoms with E-state index in [-0.39, 0.29) is 0 Å². The van der Waals surface area contributed by atoms with E-state index in [0.717, 1.165) is 83.6 Å². The highest BCUT2D eigenvalue weighted by Gasteiger charge is 2.52. The second kappa shape index (κ2) is 27.5. The fourth-order valence-corrected chi connectivity index (χ4v) is 20.9. The molecule has 2 spiro atoms. The summed E-state index contributed by atoms with van der Waals surface area (Å²) in [6, 6.07) is 164. The molecule has 0 saturated carbocycles. The highest BCUT2D eigenvalue weighted by molar-refractivity contribution is 6.16. The molecule has 0 radical (unpaired) electrons. The molecule has 19 aromatic carbocycles. The Morgan fingerprint density at radius 1 is 0.158 bits per heavy atom. The van der Waals surface area contributed by atoms with Gasteiger partial charge in [-0.2, -0.15) is 0 Å². The third-order valence-corrected chi connectivity index (χ3v) is 25.8. The summed E-state index contributed by atoms with van der Waals surface area (Å²) in [6.45, 7) is 0. The number of hydrogen-bond acceptors (Lipinski definition) is 4. The molecule has 0 N–H and O–H groups in total. The normalized spacial score (nSPS) is 13.0. The van der Waals surface area contributed by atoms with Crippen LogP contribution in [0.5, 0.6) is 0 Å². The zero-order valence-electron chi connectivity index (χ0n) is 65.4. The number of rotatable bonds is 9. The molecular weight excluding hydrogens is 1450 g/mol. The Kier molecular flexibility index (Phi) is 15.8. The first-order valence-electron chi connectivity index (χ1n) is 41.4. The van der Waals surface area contributed by atoms with Crippen molar-refractivity contribution in [3.05, 3.63) is 493 Å². The van der Waals surface area contributed by atoms with Crippen LogP contribution in [0, 0.1) is 0 Å². The lowest BCUT2D eigenvalue weighted by Crippen LogP contribution is -2.29. The van der Waals surface area contributed by atoms with Crippen LogP contribution in [0.4, 0.5) is 34.1 Å². The summed E-state index contributed by atoms with van der Waals surface area (Å²) >= 11 is 0. The minimum absolute atomic E-state index is 0.491. The summed E-state index contributed by atoms with van der Waals surface area (Å²) in [7, 11) is 0. The van der Waals surface area contributed by atoms with E-state index in [2.05, 4.69) is 447 Å². The van der Waals surface area contributed by atoms with Crippen molar-refractivity contribution in [3.63, 3.8) is 0 Å². The standard InChI is InChI=1S/C61H39NO.C55H35NO/c1-2-15-40(16-3-1)41-29-34-44(35-30-41)62(57-26-14-28-59-60(57)51-22-9-13-27-58(51)63-59)45-36-31-42(32-37-45)43-33-38-56-52(39-43)50-21-8-12-25-55(50)61(56)53-23-10-6-19-48(53)46-17-4-5-18-47(46)49-20-7-11-24-54(49)61;1-2-17-36(18-3-1)38-19-9-14-29-50(38)56(51-30-16-32-53-54(51)44-25-10-15-31-52(44)57-53)37-33-34-49-45(35-37)43-24-8-13-28-48(43)55(49)46-26-11-6-22-41(46)39-20-4-5-21-40(39)42-23-7-12-27-47(42)55/h1-39H;1-35H. The summed E-state index contributed by atoms with van der Waals surface area (Å²) in [5.74, 6) is 0. The fraction of sp³-hybridized carbons (Fsp3) is 0.0172. The lowest BCUT2D eigenvalue weighted by Gasteiger charge is -2.35. The molecule has 4 nitrogen and oxygen atoms in total. The van der Waals surface area contributed by atoms with Crippen molar-refractivity contribution in [2.45, 2.75) is 10.8 Å². The van der Waals surface area contributed by atoms with Gasteiger partial charge in [0.2, 0.25) is 0 Å². The summed E-state index contributed by atoms with van der Waals surface area (Å²) in [5.41, 5.74) is 41.8. The average molecular weight is 1530 g/mol. The number of nitrogens with zero attached hydrogens (tertiary/aromatic N) is 2. The van der Waals surface area contributed by atoms with Gasteiger partial charge in [-0.15, -0.1) is 0 Å². The lowest BCUT2D eigenvalue weighted by molar-refractivity contribution is 0.668. The minimum atomic E-state index is -0.537. The highest BCUT2D eigenvalue weighted by atomic mass is 16.3. The van der Waals surface area contributed by atoms with Crippen molar-refractivity contribution < 1.29 is 8.83 Å². The van der Waals surface area contributed by atoms with Crippen LogP contribution >= 0.6 is 0 Å². The average Bonchev–Trinajstić information content (AvgIpc) is 1.52. The van der Waals surface area contributed by atoms with Crippen molar-refractivity contribution >= 4 is 78.0 Å². The van der Waals surface area contributed by atoms with Gasteiger partial charge < -0.3 is 18.6 Å². The minimum Gasteiger partial charge on any atom is -0.456 e. The number of hydrogen-bond donors (Lipinski definition) is 0. The van der Waals surface area contributed by atoms with Gasteiger partial charge in [0.15, 0.2) is 0 Å². The molecule has 2 heterocycles. The van der Waals surface area contributed by atoms with Crippen LogP contribution in [-0.4, -0.2) is 0 Å². The Balaban J connectivity index is 0.000000137. The third-order valence-electron chi connectivity index (χ3n) is 25.8. The fourth-order valence-electron chi connectivity index (χ4n) is 20.9. The molecule has 560 valence electrons. The number of fused-ring (bicyclic) bond motifs is 30. The molecule has 25 rings (SSSR count). The Labute approximate surface area is 696 Å². The largest absolute Gasteiger partial charge is 0.456 e. The van der Waals surface area contributed by atoms with E-state index in [0.29, 0.717) is 0 Å².